The highest BCUT2D eigenvalue weighted by atomic mass is 32.1. The van der Waals surface area contributed by atoms with Crippen LogP contribution in [-0.4, -0.2) is 32.3 Å². The van der Waals surface area contributed by atoms with Crippen LogP contribution in [0.4, 0.5) is 0 Å². The summed E-state index contributed by atoms with van der Waals surface area (Å²) in [6, 6.07) is 10.4. The molecule has 0 saturated heterocycles. The highest BCUT2D eigenvalue weighted by molar-refractivity contribution is 7.71. The van der Waals surface area contributed by atoms with Gasteiger partial charge in [0.1, 0.15) is 0 Å². The lowest BCUT2D eigenvalue weighted by Crippen LogP contribution is -2.28. The Morgan fingerprint density at radius 1 is 1.32 bits per heavy atom. The summed E-state index contributed by atoms with van der Waals surface area (Å²) in [6.07, 6.45) is 0.513. The van der Waals surface area contributed by atoms with E-state index in [1.54, 1.807) is 0 Å². The number of hydrogen-bond donors (Lipinski definition) is 0. The van der Waals surface area contributed by atoms with Crippen LogP contribution in [0.25, 0.3) is 11.4 Å². The van der Waals surface area contributed by atoms with Crippen molar-refractivity contribution >= 4 is 12.2 Å². The van der Waals surface area contributed by atoms with Gasteiger partial charge in [0.15, 0.2) is 10.6 Å². The van der Waals surface area contributed by atoms with Gasteiger partial charge in [-0.2, -0.15) is 10.4 Å². The number of rotatable bonds is 6. The number of aromatic nitrogens is 3. The van der Waals surface area contributed by atoms with E-state index in [1.807, 2.05) is 16.3 Å². The fourth-order valence-electron chi connectivity index (χ4n) is 2.26. The minimum atomic E-state index is 0.513. The zero-order valence-corrected chi connectivity index (χ0v) is 14.1. The number of benzene rings is 1. The topological polar surface area (TPSA) is 49.8 Å². The second-order valence-electron chi connectivity index (χ2n) is 5.29. The van der Waals surface area contributed by atoms with Crippen molar-refractivity contribution in [2.45, 2.75) is 26.9 Å². The predicted octanol–water partition coefficient (Wildman–Crippen LogP) is 3.12. The second kappa shape index (κ2) is 7.34. The molecule has 0 saturated carbocycles. The minimum absolute atomic E-state index is 0.513. The highest BCUT2D eigenvalue weighted by Crippen LogP contribution is 2.18. The fourth-order valence-corrected chi connectivity index (χ4v) is 2.45. The summed E-state index contributed by atoms with van der Waals surface area (Å²) in [5.74, 6) is 0.862. The van der Waals surface area contributed by atoms with Gasteiger partial charge < -0.3 is 4.57 Å². The molecule has 6 heteroatoms. The largest absolute Gasteiger partial charge is 0.303 e. The molecule has 0 aliphatic carbocycles. The number of nitriles is 1. The van der Waals surface area contributed by atoms with Crippen molar-refractivity contribution in [2.75, 3.05) is 13.1 Å². The van der Waals surface area contributed by atoms with Gasteiger partial charge in [-0.1, -0.05) is 36.8 Å². The first kappa shape index (κ1) is 16.4. The standard InChI is InChI=1S/C16H21N5S/c1-4-20(11-5-10-17)12-21-16(22)19(3)15(18-21)14-8-6-13(2)7-9-14/h6-9H,4-5,11-12H2,1-3H3. The van der Waals surface area contributed by atoms with Crippen LogP contribution < -0.4 is 0 Å². The molecule has 1 aromatic heterocycles. The van der Waals surface area contributed by atoms with Crippen molar-refractivity contribution in [2.24, 2.45) is 7.05 Å². The third-order valence-electron chi connectivity index (χ3n) is 3.67. The lowest BCUT2D eigenvalue weighted by Gasteiger charge is -2.18. The van der Waals surface area contributed by atoms with Gasteiger partial charge in [-0.05, 0) is 25.7 Å². The maximum absolute atomic E-state index is 8.73. The molecule has 0 fully saturated rings. The Balaban J connectivity index is 2.28. The molecule has 22 heavy (non-hydrogen) atoms. The zero-order valence-electron chi connectivity index (χ0n) is 13.3. The fraction of sp³-hybridized carbons (Fsp3) is 0.438. The Morgan fingerprint density at radius 3 is 2.59 bits per heavy atom. The molecule has 0 N–H and O–H groups in total. The predicted molar refractivity (Wildman–Crippen MR) is 89.7 cm³/mol. The summed E-state index contributed by atoms with van der Waals surface area (Å²) < 4.78 is 4.44. The summed E-state index contributed by atoms with van der Waals surface area (Å²) >= 11 is 5.49. The Bertz CT molecular complexity index is 720. The van der Waals surface area contributed by atoms with Gasteiger partial charge >= 0.3 is 0 Å². The van der Waals surface area contributed by atoms with E-state index in [0.717, 1.165) is 24.5 Å². The van der Waals surface area contributed by atoms with Crippen molar-refractivity contribution in [3.05, 3.63) is 34.6 Å². The Labute approximate surface area is 136 Å². The normalized spacial score (nSPS) is 10.9. The summed E-state index contributed by atoms with van der Waals surface area (Å²) in [5, 5.41) is 13.4. The van der Waals surface area contributed by atoms with Crippen LogP contribution in [0.2, 0.25) is 0 Å². The Kier molecular flexibility index (Phi) is 5.47. The van der Waals surface area contributed by atoms with Gasteiger partial charge in [0.2, 0.25) is 0 Å². The molecule has 5 nitrogen and oxygen atoms in total. The lowest BCUT2D eigenvalue weighted by atomic mass is 10.1. The highest BCUT2D eigenvalue weighted by Gasteiger charge is 2.12. The molecule has 116 valence electrons. The van der Waals surface area contributed by atoms with Crippen LogP contribution in [0.5, 0.6) is 0 Å². The monoisotopic (exact) mass is 315 g/mol. The molecule has 0 amide bonds. The molecule has 0 spiro atoms. The Morgan fingerprint density at radius 2 is 2.00 bits per heavy atom. The SMILES string of the molecule is CCN(CCC#N)Cn1nc(-c2ccc(C)cc2)n(C)c1=S. The third-order valence-corrected chi connectivity index (χ3v) is 4.16. The van der Waals surface area contributed by atoms with Gasteiger partial charge in [-0.15, -0.1) is 0 Å². The molecule has 0 aliphatic rings. The van der Waals surface area contributed by atoms with E-state index in [0.29, 0.717) is 17.9 Å². The molecule has 0 atom stereocenters. The summed E-state index contributed by atoms with van der Waals surface area (Å²) in [5.41, 5.74) is 2.27. The summed E-state index contributed by atoms with van der Waals surface area (Å²) in [4.78, 5) is 2.16. The van der Waals surface area contributed by atoms with Crippen LogP contribution in [-0.2, 0) is 13.7 Å². The van der Waals surface area contributed by atoms with Crippen molar-refractivity contribution < 1.29 is 0 Å². The molecule has 0 radical (unpaired) electrons. The molecule has 0 aliphatic heterocycles. The number of nitrogens with zero attached hydrogens (tertiary/aromatic N) is 5. The van der Waals surface area contributed by atoms with Gasteiger partial charge in [-0.3, -0.25) is 4.90 Å². The molecule has 2 rings (SSSR count). The van der Waals surface area contributed by atoms with Crippen molar-refractivity contribution in [1.29, 1.82) is 5.26 Å². The maximum atomic E-state index is 8.73. The number of hydrogen-bond acceptors (Lipinski definition) is 4. The molecule has 1 aromatic carbocycles. The van der Waals surface area contributed by atoms with Crippen LogP contribution in [0.15, 0.2) is 24.3 Å². The minimum Gasteiger partial charge on any atom is -0.303 e. The second-order valence-corrected chi connectivity index (χ2v) is 5.66. The van der Waals surface area contributed by atoms with E-state index >= 15 is 0 Å². The van der Waals surface area contributed by atoms with Crippen molar-refractivity contribution in [3.63, 3.8) is 0 Å². The lowest BCUT2D eigenvalue weighted by molar-refractivity contribution is 0.220. The zero-order chi connectivity index (χ0) is 16.1. The van der Waals surface area contributed by atoms with Gasteiger partial charge in [0, 0.05) is 25.6 Å². The van der Waals surface area contributed by atoms with Crippen LogP contribution >= 0.6 is 12.2 Å². The molecule has 2 aromatic rings. The van der Waals surface area contributed by atoms with Gasteiger partial charge in [0.05, 0.1) is 12.7 Å². The van der Waals surface area contributed by atoms with E-state index in [1.165, 1.54) is 5.56 Å². The average Bonchev–Trinajstić information content (AvgIpc) is 2.80. The van der Waals surface area contributed by atoms with E-state index in [4.69, 9.17) is 17.5 Å². The average molecular weight is 315 g/mol. The first-order valence-electron chi connectivity index (χ1n) is 7.37. The number of aryl methyl sites for hydroxylation is 1. The van der Waals surface area contributed by atoms with Gasteiger partial charge in [-0.25, -0.2) is 4.68 Å². The smallest absolute Gasteiger partial charge is 0.199 e. The molecule has 1 heterocycles. The quantitative estimate of drug-likeness (QED) is 0.769. The van der Waals surface area contributed by atoms with Gasteiger partial charge in [0.25, 0.3) is 0 Å². The van der Waals surface area contributed by atoms with E-state index < -0.39 is 0 Å². The maximum Gasteiger partial charge on any atom is 0.199 e. The van der Waals surface area contributed by atoms with Crippen molar-refractivity contribution in [1.82, 2.24) is 19.2 Å². The van der Waals surface area contributed by atoms with Crippen molar-refractivity contribution in [3.8, 4) is 17.5 Å². The Hall–Kier alpha value is -1.97. The molecular formula is C16H21N5S. The van der Waals surface area contributed by atoms with Crippen LogP contribution in [0.1, 0.15) is 18.9 Å². The molecular weight excluding hydrogens is 294 g/mol. The van der Waals surface area contributed by atoms with E-state index in [2.05, 4.69) is 54.2 Å². The summed E-state index contributed by atoms with van der Waals surface area (Å²) in [6.45, 7) is 6.34. The molecule has 0 bridgehead atoms. The first-order valence-corrected chi connectivity index (χ1v) is 7.77. The van der Waals surface area contributed by atoms with E-state index in [-0.39, 0.29) is 0 Å². The summed E-state index contributed by atoms with van der Waals surface area (Å²) in [7, 11) is 1.94. The molecule has 0 unspecified atom stereocenters. The third kappa shape index (κ3) is 3.62. The van der Waals surface area contributed by atoms with Crippen LogP contribution in [0, 0.1) is 23.0 Å². The van der Waals surface area contributed by atoms with Crippen LogP contribution in [0.3, 0.4) is 0 Å². The van der Waals surface area contributed by atoms with E-state index in [9.17, 15) is 0 Å². The first-order chi connectivity index (χ1) is 10.6.